The van der Waals surface area contributed by atoms with Gasteiger partial charge in [0, 0.05) is 23.5 Å². The molecule has 0 bridgehead atoms. The average molecular weight is 309 g/mol. The topological polar surface area (TPSA) is 42.9 Å². The van der Waals surface area contributed by atoms with Crippen molar-refractivity contribution in [3.05, 3.63) is 84.4 Å². The molecule has 3 aromatic rings. The third-order valence-electron chi connectivity index (χ3n) is 3.29. The van der Waals surface area contributed by atoms with E-state index in [0.29, 0.717) is 11.4 Å². The summed E-state index contributed by atoms with van der Waals surface area (Å²) in [4.78, 5) is 20.8. The summed E-state index contributed by atoms with van der Waals surface area (Å²) in [5, 5.41) is -0.882. The molecule has 3 rings (SSSR count). The van der Waals surface area contributed by atoms with Crippen LogP contribution in [-0.2, 0) is 0 Å². The molecule has 0 fully saturated rings. The fourth-order valence-corrected chi connectivity index (χ4v) is 2.35. The maximum atomic E-state index is 12.3. The van der Waals surface area contributed by atoms with Crippen molar-refractivity contribution in [1.29, 1.82) is 0 Å². The molecule has 108 valence electrons. The molecule has 0 aliphatic heterocycles. The Labute approximate surface area is 133 Å². The Morgan fingerprint density at radius 3 is 1.95 bits per heavy atom. The highest BCUT2D eigenvalue weighted by atomic mass is 35.5. The van der Waals surface area contributed by atoms with Gasteiger partial charge >= 0.3 is 0 Å². The van der Waals surface area contributed by atoms with E-state index in [-0.39, 0.29) is 5.78 Å². The Balaban J connectivity index is 1.82. The summed E-state index contributed by atoms with van der Waals surface area (Å²) in [5.41, 5.74) is 2.47. The monoisotopic (exact) mass is 308 g/mol. The van der Waals surface area contributed by atoms with Gasteiger partial charge in [-0.2, -0.15) is 0 Å². The van der Waals surface area contributed by atoms with Crippen LogP contribution in [0.15, 0.2) is 73.1 Å². The van der Waals surface area contributed by atoms with Crippen molar-refractivity contribution in [3.63, 3.8) is 0 Å². The number of hydrogen-bond donors (Lipinski definition) is 0. The highest BCUT2D eigenvalue weighted by Gasteiger charge is 2.21. The first kappa shape index (κ1) is 14.4. The number of alkyl halides is 1. The van der Waals surface area contributed by atoms with Crippen LogP contribution in [0.5, 0.6) is 0 Å². The van der Waals surface area contributed by atoms with Gasteiger partial charge in [0.15, 0.2) is 17.0 Å². The molecule has 1 aromatic heterocycles. The molecule has 2 aromatic carbocycles. The molecule has 3 nitrogen and oxygen atoms in total. The maximum Gasteiger partial charge on any atom is 0.188 e. The lowest BCUT2D eigenvalue weighted by molar-refractivity contribution is 0.0984. The second kappa shape index (κ2) is 6.50. The summed E-state index contributed by atoms with van der Waals surface area (Å²) in [6.07, 6.45) is 3.37. The fourth-order valence-electron chi connectivity index (χ4n) is 2.11. The van der Waals surface area contributed by atoms with Crippen molar-refractivity contribution in [3.8, 4) is 11.1 Å². The molecular formula is C18H13ClN2O. The molecule has 0 saturated heterocycles. The van der Waals surface area contributed by atoms with Crippen LogP contribution in [0, 0.1) is 0 Å². The molecule has 22 heavy (non-hydrogen) atoms. The van der Waals surface area contributed by atoms with E-state index in [4.69, 9.17) is 11.6 Å². The van der Waals surface area contributed by atoms with Crippen LogP contribution in [0.2, 0.25) is 0 Å². The smallest absolute Gasteiger partial charge is 0.188 e. The minimum absolute atomic E-state index is 0.199. The van der Waals surface area contributed by atoms with Gasteiger partial charge in [0.2, 0.25) is 0 Å². The standard InChI is InChI=1S/C18H13ClN2O/c19-16(17(22)14-9-5-2-6-10-14)18-20-11-15(12-21-18)13-7-3-1-4-8-13/h1-12,16H. The number of carbonyl (C=O) groups excluding carboxylic acids is 1. The minimum Gasteiger partial charge on any atom is -0.292 e. The number of ketones is 1. The van der Waals surface area contributed by atoms with E-state index in [1.54, 1.807) is 36.7 Å². The van der Waals surface area contributed by atoms with Gasteiger partial charge in [-0.25, -0.2) is 9.97 Å². The van der Waals surface area contributed by atoms with Crippen molar-refractivity contribution in [2.24, 2.45) is 0 Å². The van der Waals surface area contributed by atoms with E-state index in [1.165, 1.54) is 0 Å². The van der Waals surface area contributed by atoms with Crippen molar-refractivity contribution >= 4 is 17.4 Å². The van der Waals surface area contributed by atoms with Gasteiger partial charge in [0.25, 0.3) is 0 Å². The Morgan fingerprint density at radius 2 is 1.36 bits per heavy atom. The normalized spacial score (nSPS) is 11.9. The summed E-state index contributed by atoms with van der Waals surface area (Å²) in [5.74, 6) is 0.116. The summed E-state index contributed by atoms with van der Waals surface area (Å²) in [7, 11) is 0. The van der Waals surface area contributed by atoms with Crippen LogP contribution in [0.3, 0.4) is 0 Å². The largest absolute Gasteiger partial charge is 0.292 e. The van der Waals surface area contributed by atoms with Gasteiger partial charge in [-0.15, -0.1) is 11.6 Å². The summed E-state index contributed by atoms with van der Waals surface area (Å²) < 4.78 is 0. The number of hydrogen-bond acceptors (Lipinski definition) is 3. The summed E-state index contributed by atoms with van der Waals surface area (Å²) in [6, 6.07) is 18.7. The zero-order valence-corrected chi connectivity index (χ0v) is 12.4. The van der Waals surface area contributed by atoms with Crippen molar-refractivity contribution in [2.75, 3.05) is 0 Å². The molecule has 0 aliphatic carbocycles. The Bertz CT molecular complexity index is 758. The SMILES string of the molecule is O=C(c1ccccc1)C(Cl)c1ncc(-c2ccccc2)cn1. The Morgan fingerprint density at radius 1 is 0.818 bits per heavy atom. The van der Waals surface area contributed by atoms with Crippen LogP contribution in [0.25, 0.3) is 11.1 Å². The van der Waals surface area contributed by atoms with Gasteiger partial charge in [-0.3, -0.25) is 4.79 Å². The lowest BCUT2D eigenvalue weighted by Crippen LogP contribution is -2.10. The first-order chi connectivity index (χ1) is 10.8. The predicted octanol–water partition coefficient (Wildman–Crippen LogP) is 4.31. The fraction of sp³-hybridized carbons (Fsp3) is 0.0556. The van der Waals surface area contributed by atoms with Gasteiger partial charge in [0.05, 0.1) is 0 Å². The zero-order chi connectivity index (χ0) is 15.4. The molecule has 0 aliphatic rings. The summed E-state index contributed by atoms with van der Waals surface area (Å²) in [6.45, 7) is 0. The molecule has 1 heterocycles. The molecular weight excluding hydrogens is 296 g/mol. The predicted molar refractivity (Wildman–Crippen MR) is 86.8 cm³/mol. The van der Waals surface area contributed by atoms with Crippen molar-refractivity contribution < 1.29 is 4.79 Å². The molecule has 0 saturated carbocycles. The molecule has 0 N–H and O–H groups in total. The molecule has 1 atom stereocenters. The van der Waals surface area contributed by atoms with E-state index in [9.17, 15) is 4.79 Å². The minimum atomic E-state index is -0.882. The zero-order valence-electron chi connectivity index (χ0n) is 11.7. The quantitative estimate of drug-likeness (QED) is 0.533. The van der Waals surface area contributed by atoms with Crippen LogP contribution < -0.4 is 0 Å². The molecule has 0 spiro atoms. The molecule has 1 unspecified atom stereocenters. The highest BCUT2D eigenvalue weighted by Crippen LogP contribution is 2.23. The first-order valence-corrected chi connectivity index (χ1v) is 7.30. The van der Waals surface area contributed by atoms with Crippen LogP contribution in [0.4, 0.5) is 0 Å². The van der Waals surface area contributed by atoms with E-state index < -0.39 is 5.38 Å². The molecule has 4 heteroatoms. The van der Waals surface area contributed by atoms with E-state index in [1.807, 2.05) is 36.4 Å². The first-order valence-electron chi connectivity index (χ1n) is 6.86. The van der Waals surface area contributed by atoms with E-state index >= 15 is 0 Å². The lowest BCUT2D eigenvalue weighted by atomic mass is 10.1. The van der Waals surface area contributed by atoms with Gasteiger partial charge < -0.3 is 0 Å². The number of benzene rings is 2. The van der Waals surface area contributed by atoms with Crippen molar-refractivity contribution in [2.45, 2.75) is 5.38 Å². The van der Waals surface area contributed by atoms with Crippen LogP contribution in [0.1, 0.15) is 21.6 Å². The van der Waals surface area contributed by atoms with E-state index in [2.05, 4.69) is 9.97 Å². The Kier molecular flexibility index (Phi) is 4.26. The number of nitrogens with zero attached hydrogens (tertiary/aromatic N) is 2. The lowest BCUT2D eigenvalue weighted by Gasteiger charge is -2.08. The maximum absolute atomic E-state index is 12.3. The second-order valence-corrected chi connectivity index (χ2v) is 5.23. The van der Waals surface area contributed by atoms with Crippen LogP contribution >= 0.6 is 11.6 Å². The van der Waals surface area contributed by atoms with Crippen molar-refractivity contribution in [1.82, 2.24) is 9.97 Å². The molecule has 0 radical (unpaired) electrons. The average Bonchev–Trinajstić information content (AvgIpc) is 2.62. The highest BCUT2D eigenvalue weighted by molar-refractivity contribution is 6.33. The number of carbonyl (C=O) groups is 1. The third kappa shape index (κ3) is 3.05. The third-order valence-corrected chi connectivity index (χ3v) is 3.69. The van der Waals surface area contributed by atoms with Gasteiger partial charge in [0.1, 0.15) is 0 Å². The number of rotatable bonds is 4. The van der Waals surface area contributed by atoms with E-state index in [0.717, 1.165) is 11.1 Å². The molecule has 0 amide bonds. The number of aromatic nitrogens is 2. The van der Waals surface area contributed by atoms with Gasteiger partial charge in [-0.1, -0.05) is 60.7 Å². The number of Topliss-reactive ketones (excluding diaryl/α,β-unsaturated/α-hetero) is 1. The van der Waals surface area contributed by atoms with Gasteiger partial charge in [-0.05, 0) is 5.56 Å². The second-order valence-electron chi connectivity index (χ2n) is 4.79. The summed E-state index contributed by atoms with van der Waals surface area (Å²) >= 11 is 6.22. The number of halogens is 1. The van der Waals surface area contributed by atoms with Crippen LogP contribution in [-0.4, -0.2) is 15.8 Å². The Hall–Kier alpha value is -2.52.